The maximum Gasteiger partial charge on any atom is 0.258 e. The number of ether oxygens (including phenoxy) is 1. The molecule has 3 rings (SSSR count). The largest absolute Gasteiger partial charge is 0.496 e. The quantitative estimate of drug-likeness (QED) is 0.464. The van der Waals surface area contributed by atoms with Gasteiger partial charge in [-0.15, -0.1) is 0 Å². The summed E-state index contributed by atoms with van der Waals surface area (Å²) in [7, 11) is 3.52. The number of methoxy groups -OCH3 is 1. The molecule has 3 aromatic rings. The zero-order valence-electron chi connectivity index (χ0n) is 19.9. The molecule has 6 heteroatoms. The normalized spacial score (nSPS) is 10.8. The molecule has 0 radical (unpaired) electrons. The van der Waals surface area contributed by atoms with Crippen LogP contribution in [-0.2, 0) is 24.9 Å². The van der Waals surface area contributed by atoms with Crippen LogP contribution >= 0.6 is 0 Å². The first-order valence-electron chi connectivity index (χ1n) is 11.2. The molecule has 0 aliphatic carbocycles. The van der Waals surface area contributed by atoms with Gasteiger partial charge < -0.3 is 19.1 Å². The van der Waals surface area contributed by atoms with Crippen LogP contribution < -0.4 is 4.74 Å². The molecule has 2 amide bonds. The van der Waals surface area contributed by atoms with Crippen LogP contribution in [0.2, 0.25) is 0 Å². The third kappa shape index (κ3) is 6.48. The molecule has 1 heterocycles. The molecule has 2 aromatic carbocycles. The third-order valence-electron chi connectivity index (χ3n) is 5.51. The number of benzene rings is 2. The van der Waals surface area contributed by atoms with E-state index in [2.05, 4.69) is 0 Å². The summed E-state index contributed by atoms with van der Waals surface area (Å²) >= 11 is 0. The smallest absolute Gasteiger partial charge is 0.258 e. The lowest BCUT2D eigenvalue weighted by atomic mass is 10.1. The fraction of sp³-hybridized carbons (Fsp3) is 0.333. The molecule has 0 unspecified atom stereocenters. The maximum absolute atomic E-state index is 13.6. The van der Waals surface area contributed by atoms with Gasteiger partial charge in [0.2, 0.25) is 5.91 Å². The van der Waals surface area contributed by atoms with E-state index in [1.54, 1.807) is 24.1 Å². The second-order valence-corrected chi connectivity index (χ2v) is 8.63. The molecular formula is C27H33N3O3. The Morgan fingerprint density at radius 2 is 1.61 bits per heavy atom. The molecule has 0 fully saturated rings. The number of carbonyl (C=O) groups is 2. The van der Waals surface area contributed by atoms with Gasteiger partial charge in [0.05, 0.1) is 19.2 Å². The van der Waals surface area contributed by atoms with Crippen molar-refractivity contribution in [2.45, 2.75) is 26.9 Å². The Morgan fingerprint density at radius 3 is 2.24 bits per heavy atom. The minimum Gasteiger partial charge on any atom is -0.496 e. The molecule has 1 aromatic heterocycles. The molecule has 0 atom stereocenters. The number of carbonyl (C=O) groups excluding carboxylic acids is 2. The van der Waals surface area contributed by atoms with Crippen molar-refractivity contribution in [3.05, 3.63) is 89.7 Å². The van der Waals surface area contributed by atoms with Gasteiger partial charge in [-0.25, -0.2) is 0 Å². The van der Waals surface area contributed by atoms with Crippen LogP contribution in [0.5, 0.6) is 5.75 Å². The molecule has 0 saturated heterocycles. The number of aryl methyl sites for hydroxylation is 1. The molecule has 33 heavy (non-hydrogen) atoms. The van der Waals surface area contributed by atoms with Crippen LogP contribution in [0.3, 0.4) is 0 Å². The lowest BCUT2D eigenvalue weighted by Crippen LogP contribution is -2.44. The molecule has 174 valence electrons. The Balaban J connectivity index is 1.85. The van der Waals surface area contributed by atoms with E-state index in [0.29, 0.717) is 30.9 Å². The summed E-state index contributed by atoms with van der Waals surface area (Å²) in [4.78, 5) is 30.4. The highest BCUT2D eigenvalue weighted by Crippen LogP contribution is 2.20. The van der Waals surface area contributed by atoms with Gasteiger partial charge >= 0.3 is 0 Å². The lowest BCUT2D eigenvalue weighted by molar-refractivity contribution is -0.133. The van der Waals surface area contributed by atoms with Crippen LogP contribution in [0, 0.1) is 5.92 Å². The lowest BCUT2D eigenvalue weighted by Gasteiger charge is -2.29. The summed E-state index contributed by atoms with van der Waals surface area (Å²) in [5.41, 5.74) is 2.54. The summed E-state index contributed by atoms with van der Waals surface area (Å²) in [6.45, 7) is 5.51. The SMILES string of the molecule is COc1ccccc1C(=O)N(CC(=O)N(Cc1ccccc1)Cc1cccn1C)CC(C)C. The minimum atomic E-state index is -0.201. The van der Waals surface area contributed by atoms with Crippen LogP contribution in [0.25, 0.3) is 0 Å². The Labute approximate surface area is 196 Å². The van der Waals surface area contributed by atoms with Crippen LogP contribution in [0.4, 0.5) is 0 Å². The number of aromatic nitrogens is 1. The highest BCUT2D eigenvalue weighted by molar-refractivity contribution is 5.98. The van der Waals surface area contributed by atoms with Gasteiger partial charge in [0, 0.05) is 32.0 Å². The molecule has 0 aliphatic heterocycles. The standard InChI is InChI=1S/C27H33N3O3/c1-21(2)17-30(27(32)24-14-8-9-15-25(24)33-4)20-26(31)29(18-22-11-6-5-7-12-22)19-23-13-10-16-28(23)3/h5-16,21H,17-20H2,1-4H3. The van der Waals surface area contributed by atoms with Gasteiger partial charge in [0.1, 0.15) is 12.3 Å². The average molecular weight is 448 g/mol. The number of hydrogen-bond donors (Lipinski definition) is 0. The molecular weight excluding hydrogens is 414 g/mol. The molecule has 0 bridgehead atoms. The van der Waals surface area contributed by atoms with E-state index in [9.17, 15) is 9.59 Å². The number of para-hydroxylation sites is 1. The Bertz CT molecular complexity index is 1060. The molecule has 0 saturated carbocycles. The predicted molar refractivity (Wildman–Crippen MR) is 130 cm³/mol. The van der Waals surface area contributed by atoms with E-state index in [1.165, 1.54) is 0 Å². The highest BCUT2D eigenvalue weighted by Gasteiger charge is 2.25. The van der Waals surface area contributed by atoms with Crippen molar-refractivity contribution in [3.8, 4) is 5.75 Å². The minimum absolute atomic E-state index is 0.00627. The molecule has 6 nitrogen and oxygen atoms in total. The van der Waals surface area contributed by atoms with Crippen molar-refractivity contribution in [1.82, 2.24) is 14.4 Å². The summed E-state index contributed by atoms with van der Waals surface area (Å²) in [6.07, 6.45) is 1.97. The van der Waals surface area contributed by atoms with E-state index >= 15 is 0 Å². The van der Waals surface area contributed by atoms with E-state index in [4.69, 9.17) is 4.74 Å². The summed E-state index contributed by atoms with van der Waals surface area (Å²) in [5, 5.41) is 0. The van der Waals surface area contributed by atoms with Crippen molar-refractivity contribution in [1.29, 1.82) is 0 Å². The van der Waals surface area contributed by atoms with Crippen molar-refractivity contribution in [2.24, 2.45) is 13.0 Å². The maximum atomic E-state index is 13.6. The first-order chi connectivity index (χ1) is 15.9. The van der Waals surface area contributed by atoms with Crippen molar-refractivity contribution in [2.75, 3.05) is 20.2 Å². The monoisotopic (exact) mass is 447 g/mol. The zero-order valence-corrected chi connectivity index (χ0v) is 19.9. The summed E-state index contributed by atoms with van der Waals surface area (Å²) in [6, 6.07) is 21.0. The number of rotatable bonds is 10. The van der Waals surface area contributed by atoms with E-state index in [1.807, 2.05) is 91.2 Å². The Kier molecular flexibility index (Phi) is 8.30. The van der Waals surface area contributed by atoms with Crippen LogP contribution in [-0.4, -0.2) is 46.4 Å². The zero-order chi connectivity index (χ0) is 23.8. The van der Waals surface area contributed by atoms with Crippen LogP contribution in [0.1, 0.15) is 35.5 Å². The first-order valence-corrected chi connectivity index (χ1v) is 11.2. The van der Waals surface area contributed by atoms with E-state index in [0.717, 1.165) is 11.3 Å². The van der Waals surface area contributed by atoms with Gasteiger partial charge in [-0.3, -0.25) is 9.59 Å². The Hall–Kier alpha value is -3.54. The number of amides is 2. The molecule has 0 spiro atoms. The van der Waals surface area contributed by atoms with Crippen molar-refractivity contribution in [3.63, 3.8) is 0 Å². The van der Waals surface area contributed by atoms with Crippen LogP contribution in [0.15, 0.2) is 72.9 Å². The van der Waals surface area contributed by atoms with Gasteiger partial charge in [-0.05, 0) is 35.7 Å². The van der Waals surface area contributed by atoms with Crippen molar-refractivity contribution >= 4 is 11.8 Å². The highest BCUT2D eigenvalue weighted by atomic mass is 16.5. The predicted octanol–water partition coefficient (Wildman–Crippen LogP) is 4.36. The second-order valence-electron chi connectivity index (χ2n) is 8.63. The van der Waals surface area contributed by atoms with Gasteiger partial charge in [0.25, 0.3) is 5.91 Å². The summed E-state index contributed by atoms with van der Waals surface area (Å²) < 4.78 is 7.40. The van der Waals surface area contributed by atoms with E-state index < -0.39 is 0 Å². The summed E-state index contributed by atoms with van der Waals surface area (Å²) in [5.74, 6) is 0.428. The van der Waals surface area contributed by atoms with Gasteiger partial charge in [-0.2, -0.15) is 0 Å². The topological polar surface area (TPSA) is 54.8 Å². The van der Waals surface area contributed by atoms with Gasteiger partial charge in [0.15, 0.2) is 0 Å². The average Bonchev–Trinajstić information content (AvgIpc) is 3.22. The Morgan fingerprint density at radius 1 is 0.909 bits per heavy atom. The van der Waals surface area contributed by atoms with Crippen molar-refractivity contribution < 1.29 is 14.3 Å². The second kappa shape index (κ2) is 11.4. The third-order valence-corrected chi connectivity index (χ3v) is 5.51. The molecule has 0 N–H and O–H groups in total. The number of nitrogens with zero attached hydrogens (tertiary/aromatic N) is 3. The fourth-order valence-electron chi connectivity index (χ4n) is 3.81. The number of hydrogen-bond acceptors (Lipinski definition) is 3. The van der Waals surface area contributed by atoms with E-state index in [-0.39, 0.29) is 24.3 Å². The van der Waals surface area contributed by atoms with Gasteiger partial charge in [-0.1, -0.05) is 56.3 Å². The first kappa shape index (κ1) is 24.1. The molecule has 0 aliphatic rings. The fourth-order valence-corrected chi connectivity index (χ4v) is 3.81.